The summed E-state index contributed by atoms with van der Waals surface area (Å²) in [6, 6.07) is 0. The smallest absolute Gasteiger partial charge is 0.279 e. The average Bonchev–Trinajstić information content (AvgIpc) is 2.16. The van der Waals surface area contributed by atoms with Crippen LogP contribution in [0.25, 0.3) is 0 Å². The molecule has 0 saturated carbocycles. The van der Waals surface area contributed by atoms with Crippen molar-refractivity contribution in [1.29, 1.82) is 5.41 Å². The van der Waals surface area contributed by atoms with E-state index in [2.05, 4.69) is 11.6 Å². The molecule has 0 aromatic carbocycles. The standard InChI is InChI=1S/C9H20N4O2S/c1-8-3-2-6-13(7-8)16(14,15)12-5-4-9(10)11/h8,12H,2-7H2,1H3,(H3,10,11). The first-order chi connectivity index (χ1) is 7.42. The predicted octanol–water partition coefficient (Wildman–Crippen LogP) is -0.121. The second kappa shape index (κ2) is 5.60. The van der Waals surface area contributed by atoms with Crippen LogP contribution < -0.4 is 10.5 Å². The van der Waals surface area contributed by atoms with Crippen LogP contribution in [0.15, 0.2) is 0 Å². The molecule has 16 heavy (non-hydrogen) atoms. The lowest BCUT2D eigenvalue weighted by molar-refractivity contribution is 0.278. The van der Waals surface area contributed by atoms with Crippen LogP contribution in [0.1, 0.15) is 26.2 Å². The fraction of sp³-hybridized carbons (Fsp3) is 0.889. The van der Waals surface area contributed by atoms with Gasteiger partial charge in [0.1, 0.15) is 0 Å². The zero-order valence-corrected chi connectivity index (χ0v) is 10.4. The molecule has 1 heterocycles. The van der Waals surface area contributed by atoms with Gasteiger partial charge in [0.05, 0.1) is 5.84 Å². The second-order valence-electron chi connectivity index (χ2n) is 4.28. The molecule has 0 bridgehead atoms. The summed E-state index contributed by atoms with van der Waals surface area (Å²) in [5.41, 5.74) is 5.16. The monoisotopic (exact) mass is 248 g/mol. The average molecular weight is 248 g/mol. The largest absolute Gasteiger partial charge is 0.388 e. The van der Waals surface area contributed by atoms with Crippen molar-refractivity contribution in [2.45, 2.75) is 26.2 Å². The van der Waals surface area contributed by atoms with Gasteiger partial charge in [-0.15, -0.1) is 0 Å². The van der Waals surface area contributed by atoms with Crippen LogP contribution in [0.4, 0.5) is 0 Å². The molecule has 1 rings (SSSR count). The molecule has 0 amide bonds. The van der Waals surface area contributed by atoms with E-state index in [1.165, 1.54) is 4.31 Å². The summed E-state index contributed by atoms with van der Waals surface area (Å²) in [7, 11) is -3.38. The van der Waals surface area contributed by atoms with Gasteiger partial charge in [-0.05, 0) is 18.8 Å². The van der Waals surface area contributed by atoms with E-state index in [0.29, 0.717) is 19.0 Å². The Balaban J connectivity index is 2.46. The fourth-order valence-corrected chi connectivity index (χ4v) is 3.13. The Morgan fingerprint density at radius 3 is 2.88 bits per heavy atom. The van der Waals surface area contributed by atoms with Crippen LogP contribution in [-0.2, 0) is 10.2 Å². The number of nitrogens with one attached hydrogen (secondary N) is 2. The van der Waals surface area contributed by atoms with Crippen LogP contribution in [0, 0.1) is 11.3 Å². The van der Waals surface area contributed by atoms with Crippen LogP contribution in [0.2, 0.25) is 0 Å². The number of rotatable bonds is 5. The van der Waals surface area contributed by atoms with E-state index in [1.807, 2.05) is 0 Å². The first-order valence-electron chi connectivity index (χ1n) is 5.49. The number of hydrogen-bond acceptors (Lipinski definition) is 3. The van der Waals surface area contributed by atoms with Crippen LogP contribution in [-0.4, -0.2) is 38.2 Å². The van der Waals surface area contributed by atoms with Gasteiger partial charge in [-0.3, -0.25) is 5.41 Å². The van der Waals surface area contributed by atoms with Gasteiger partial charge in [-0.25, -0.2) is 4.72 Å². The second-order valence-corrected chi connectivity index (χ2v) is 6.04. The van der Waals surface area contributed by atoms with Gasteiger partial charge in [0.25, 0.3) is 10.2 Å². The molecule has 0 aromatic heterocycles. The molecule has 0 aromatic rings. The Kier molecular flexibility index (Phi) is 4.69. The van der Waals surface area contributed by atoms with Gasteiger partial charge in [0, 0.05) is 26.1 Å². The van der Waals surface area contributed by atoms with Crippen molar-refractivity contribution < 1.29 is 8.42 Å². The molecule has 94 valence electrons. The maximum atomic E-state index is 11.8. The zero-order chi connectivity index (χ0) is 12.2. The van der Waals surface area contributed by atoms with Gasteiger partial charge in [-0.1, -0.05) is 6.92 Å². The molecular weight excluding hydrogens is 228 g/mol. The lowest BCUT2D eigenvalue weighted by atomic mass is 10.0. The molecule has 0 aliphatic carbocycles. The van der Waals surface area contributed by atoms with E-state index in [-0.39, 0.29) is 18.8 Å². The van der Waals surface area contributed by atoms with E-state index in [9.17, 15) is 8.42 Å². The summed E-state index contributed by atoms with van der Waals surface area (Å²) in [5, 5.41) is 7.01. The molecule has 0 radical (unpaired) electrons. The van der Waals surface area contributed by atoms with Crippen molar-refractivity contribution in [2.75, 3.05) is 19.6 Å². The Morgan fingerprint density at radius 2 is 2.31 bits per heavy atom. The van der Waals surface area contributed by atoms with Gasteiger partial charge in [0.2, 0.25) is 0 Å². The van der Waals surface area contributed by atoms with Crippen molar-refractivity contribution in [3.63, 3.8) is 0 Å². The highest BCUT2D eigenvalue weighted by atomic mass is 32.2. The Morgan fingerprint density at radius 1 is 1.62 bits per heavy atom. The van der Waals surface area contributed by atoms with Gasteiger partial charge in [0.15, 0.2) is 0 Å². The Hall–Kier alpha value is -0.660. The summed E-state index contributed by atoms with van der Waals surface area (Å²) in [4.78, 5) is 0. The summed E-state index contributed by atoms with van der Waals surface area (Å²) < 4.78 is 27.6. The minimum atomic E-state index is -3.38. The highest BCUT2D eigenvalue weighted by Crippen LogP contribution is 2.17. The molecule has 0 spiro atoms. The van der Waals surface area contributed by atoms with Crippen LogP contribution >= 0.6 is 0 Å². The lowest BCUT2D eigenvalue weighted by Gasteiger charge is -2.29. The van der Waals surface area contributed by atoms with E-state index < -0.39 is 10.2 Å². The topological polar surface area (TPSA) is 99.3 Å². The fourth-order valence-electron chi connectivity index (χ4n) is 1.77. The van der Waals surface area contributed by atoms with Gasteiger partial charge in [-0.2, -0.15) is 12.7 Å². The Bertz CT molecular complexity index is 341. The third-order valence-corrected chi connectivity index (χ3v) is 4.22. The third kappa shape index (κ3) is 4.07. The predicted molar refractivity (Wildman–Crippen MR) is 63.4 cm³/mol. The minimum Gasteiger partial charge on any atom is -0.388 e. The quantitative estimate of drug-likeness (QED) is 0.467. The molecule has 1 aliphatic rings. The maximum Gasteiger partial charge on any atom is 0.279 e. The van der Waals surface area contributed by atoms with E-state index in [4.69, 9.17) is 11.1 Å². The third-order valence-electron chi connectivity index (χ3n) is 2.64. The molecule has 1 aliphatic heterocycles. The summed E-state index contributed by atoms with van der Waals surface area (Å²) in [5.74, 6) is 0.410. The number of nitrogens with two attached hydrogens (primary N) is 1. The van der Waals surface area contributed by atoms with E-state index in [1.54, 1.807) is 0 Å². The first-order valence-corrected chi connectivity index (χ1v) is 6.93. The molecule has 6 nitrogen and oxygen atoms in total. The molecule has 1 atom stereocenters. The Labute approximate surface area is 96.9 Å². The van der Waals surface area contributed by atoms with Crippen molar-refractivity contribution >= 4 is 16.0 Å². The lowest BCUT2D eigenvalue weighted by Crippen LogP contribution is -2.46. The molecule has 1 saturated heterocycles. The molecular formula is C9H20N4O2S. The normalized spacial score (nSPS) is 23.2. The SMILES string of the molecule is CC1CCCN(S(=O)(=O)NCCC(=N)N)C1. The van der Waals surface area contributed by atoms with E-state index in [0.717, 1.165) is 12.8 Å². The number of hydrogen-bond donors (Lipinski definition) is 3. The highest BCUT2D eigenvalue weighted by molar-refractivity contribution is 7.87. The number of piperidine rings is 1. The van der Waals surface area contributed by atoms with Crippen molar-refractivity contribution in [3.8, 4) is 0 Å². The summed E-state index contributed by atoms with van der Waals surface area (Å²) >= 11 is 0. The molecule has 4 N–H and O–H groups in total. The van der Waals surface area contributed by atoms with Crippen LogP contribution in [0.3, 0.4) is 0 Å². The zero-order valence-electron chi connectivity index (χ0n) is 9.57. The minimum absolute atomic E-state index is 0.00490. The van der Waals surface area contributed by atoms with E-state index >= 15 is 0 Å². The molecule has 1 fully saturated rings. The number of nitrogens with zero attached hydrogens (tertiary/aromatic N) is 1. The van der Waals surface area contributed by atoms with Gasteiger partial charge < -0.3 is 5.73 Å². The van der Waals surface area contributed by atoms with Crippen LogP contribution in [0.5, 0.6) is 0 Å². The number of amidine groups is 1. The maximum absolute atomic E-state index is 11.8. The summed E-state index contributed by atoms with van der Waals surface area (Å²) in [6.07, 6.45) is 2.25. The summed E-state index contributed by atoms with van der Waals surface area (Å²) in [6.45, 7) is 3.41. The van der Waals surface area contributed by atoms with Crippen molar-refractivity contribution in [3.05, 3.63) is 0 Å². The highest BCUT2D eigenvalue weighted by Gasteiger charge is 2.26. The molecule has 7 heteroatoms. The first kappa shape index (κ1) is 13.4. The van der Waals surface area contributed by atoms with Crippen molar-refractivity contribution in [2.24, 2.45) is 11.7 Å². The molecule has 1 unspecified atom stereocenters. The van der Waals surface area contributed by atoms with Gasteiger partial charge >= 0.3 is 0 Å². The van der Waals surface area contributed by atoms with Crippen molar-refractivity contribution in [1.82, 2.24) is 9.03 Å².